The molecule has 44 heavy (non-hydrogen) atoms. The average Bonchev–Trinajstić information content (AvgIpc) is 3.05. The number of ether oxygens (including phenoxy) is 2. The minimum absolute atomic E-state index is 0.0547. The van der Waals surface area contributed by atoms with E-state index in [-0.39, 0.29) is 17.2 Å². The molecule has 4 aromatic rings. The van der Waals surface area contributed by atoms with Gasteiger partial charge < -0.3 is 19.5 Å². The van der Waals surface area contributed by atoms with E-state index in [4.69, 9.17) is 9.47 Å². The van der Waals surface area contributed by atoms with Gasteiger partial charge in [0.05, 0.1) is 4.92 Å². The van der Waals surface area contributed by atoms with Gasteiger partial charge in [-0.3, -0.25) is 15.0 Å². The first kappa shape index (κ1) is 30.3. The number of piperazine rings is 1. The Bertz CT molecular complexity index is 1580. The van der Waals surface area contributed by atoms with Crippen LogP contribution in [0.15, 0.2) is 103 Å². The highest BCUT2D eigenvalue weighted by Gasteiger charge is 2.23. The van der Waals surface area contributed by atoms with Gasteiger partial charge in [-0.1, -0.05) is 61.5 Å². The van der Waals surface area contributed by atoms with Gasteiger partial charge >= 0.3 is 6.09 Å². The molecule has 0 bridgehead atoms. The minimum atomic E-state index is -0.495. The highest BCUT2D eigenvalue weighted by molar-refractivity contribution is 5.98. The predicted octanol–water partition coefficient (Wildman–Crippen LogP) is 6.86. The number of carbonyl (C=O) groups is 1. The number of carbonyl (C=O) groups excluding carboxylic acids is 1. The van der Waals surface area contributed by atoms with E-state index in [1.54, 1.807) is 17.0 Å². The van der Waals surface area contributed by atoms with E-state index in [1.807, 2.05) is 42.5 Å². The number of nitro benzene ring substituents is 1. The first-order valence-corrected chi connectivity index (χ1v) is 14.7. The number of benzene rings is 4. The van der Waals surface area contributed by atoms with Crippen LogP contribution < -0.4 is 9.47 Å². The lowest BCUT2D eigenvalue weighted by Crippen LogP contribution is -2.50. The lowest BCUT2D eigenvalue weighted by atomic mass is 9.88. The Morgan fingerprint density at radius 3 is 1.98 bits per heavy atom. The number of aromatic hydroxyl groups is 1. The maximum Gasteiger partial charge on any atom is 0.415 e. The SMILES string of the molecule is CC/C(=C(\c1ccc(O)cc1)c1ccc(OCCN2CCN(C(=O)Oc3ccc([N+](=O)[O-])cc3)CC2)cc1)c1ccccc1. The summed E-state index contributed by atoms with van der Waals surface area (Å²) < 4.78 is 11.4. The van der Waals surface area contributed by atoms with E-state index >= 15 is 0 Å². The summed E-state index contributed by atoms with van der Waals surface area (Å²) in [5.41, 5.74) is 5.56. The summed E-state index contributed by atoms with van der Waals surface area (Å²) in [6.07, 6.45) is 0.384. The fourth-order valence-corrected chi connectivity index (χ4v) is 5.27. The van der Waals surface area contributed by atoms with E-state index in [9.17, 15) is 20.0 Å². The van der Waals surface area contributed by atoms with Gasteiger partial charge in [-0.2, -0.15) is 0 Å². The summed E-state index contributed by atoms with van der Waals surface area (Å²) in [4.78, 5) is 26.7. The summed E-state index contributed by atoms with van der Waals surface area (Å²) in [6, 6.07) is 31.3. The van der Waals surface area contributed by atoms with Crippen molar-refractivity contribution in [3.8, 4) is 17.2 Å². The summed E-state index contributed by atoms with van der Waals surface area (Å²) in [5, 5.41) is 20.7. The minimum Gasteiger partial charge on any atom is -0.508 e. The number of hydrogen-bond donors (Lipinski definition) is 1. The molecule has 1 fully saturated rings. The largest absolute Gasteiger partial charge is 0.508 e. The van der Waals surface area contributed by atoms with Crippen molar-refractivity contribution in [3.05, 3.63) is 130 Å². The van der Waals surface area contributed by atoms with Gasteiger partial charge in [-0.15, -0.1) is 0 Å². The third kappa shape index (κ3) is 7.62. The molecule has 0 aliphatic carbocycles. The lowest BCUT2D eigenvalue weighted by Gasteiger charge is -2.33. The lowest BCUT2D eigenvalue weighted by molar-refractivity contribution is -0.384. The molecule has 1 N–H and O–H groups in total. The van der Waals surface area contributed by atoms with E-state index in [2.05, 4.69) is 36.1 Å². The molecule has 9 nitrogen and oxygen atoms in total. The van der Waals surface area contributed by atoms with Crippen molar-refractivity contribution in [2.24, 2.45) is 0 Å². The smallest absolute Gasteiger partial charge is 0.415 e. The van der Waals surface area contributed by atoms with Gasteiger partial charge in [0.15, 0.2) is 0 Å². The third-order valence-corrected chi connectivity index (χ3v) is 7.64. The number of hydrogen-bond acceptors (Lipinski definition) is 7. The fraction of sp³-hybridized carbons (Fsp3) is 0.229. The number of allylic oxidation sites excluding steroid dienone is 1. The first-order valence-electron chi connectivity index (χ1n) is 14.7. The second-order valence-electron chi connectivity index (χ2n) is 10.4. The van der Waals surface area contributed by atoms with E-state index in [1.165, 1.54) is 29.8 Å². The van der Waals surface area contributed by atoms with Crippen molar-refractivity contribution < 1.29 is 24.3 Å². The molecular formula is C35H35N3O6. The average molecular weight is 594 g/mol. The molecule has 9 heteroatoms. The second-order valence-corrected chi connectivity index (χ2v) is 10.4. The number of amides is 1. The van der Waals surface area contributed by atoms with Crippen LogP contribution in [0.1, 0.15) is 30.0 Å². The number of phenols is 1. The zero-order valence-electron chi connectivity index (χ0n) is 24.6. The van der Waals surface area contributed by atoms with Crippen LogP contribution in [0.3, 0.4) is 0 Å². The van der Waals surface area contributed by atoms with Gasteiger partial charge in [-0.25, -0.2) is 4.79 Å². The van der Waals surface area contributed by atoms with Crippen molar-refractivity contribution in [2.75, 3.05) is 39.3 Å². The van der Waals surface area contributed by atoms with Gasteiger partial charge in [0.25, 0.3) is 5.69 Å². The molecule has 0 unspecified atom stereocenters. The molecule has 1 aliphatic heterocycles. The molecule has 1 amide bonds. The molecule has 0 spiro atoms. The number of nitrogens with zero attached hydrogens (tertiary/aromatic N) is 3. The highest BCUT2D eigenvalue weighted by Crippen LogP contribution is 2.35. The molecule has 0 saturated carbocycles. The quantitative estimate of drug-likeness (QED) is 0.122. The Hall–Kier alpha value is -5.15. The van der Waals surface area contributed by atoms with Crippen LogP contribution in [0.2, 0.25) is 0 Å². The Balaban J connectivity index is 1.15. The van der Waals surface area contributed by atoms with Crippen molar-refractivity contribution in [1.82, 2.24) is 9.80 Å². The zero-order valence-corrected chi connectivity index (χ0v) is 24.6. The van der Waals surface area contributed by atoms with Crippen LogP contribution in [0.5, 0.6) is 17.2 Å². The molecule has 5 rings (SSSR count). The van der Waals surface area contributed by atoms with E-state index in [0.717, 1.165) is 41.0 Å². The highest BCUT2D eigenvalue weighted by atomic mass is 16.6. The molecule has 0 radical (unpaired) electrons. The molecule has 226 valence electrons. The first-order chi connectivity index (χ1) is 21.4. The monoisotopic (exact) mass is 593 g/mol. The van der Waals surface area contributed by atoms with E-state index in [0.29, 0.717) is 32.8 Å². The summed E-state index contributed by atoms with van der Waals surface area (Å²) in [7, 11) is 0. The van der Waals surface area contributed by atoms with Crippen LogP contribution in [0.25, 0.3) is 11.1 Å². The topological polar surface area (TPSA) is 105 Å². The van der Waals surface area contributed by atoms with Crippen LogP contribution in [0.4, 0.5) is 10.5 Å². The molecule has 1 heterocycles. The maximum atomic E-state index is 12.5. The van der Waals surface area contributed by atoms with E-state index < -0.39 is 11.0 Å². The standard InChI is InChI=1S/C35H35N3O6/c1-2-33(26-6-4-3-5-7-26)34(27-8-14-30(39)15-9-27)28-10-16-31(17-11-28)43-25-24-36-20-22-37(23-21-36)35(40)44-32-18-12-29(13-19-32)38(41)42/h3-19,39H,2,20-25H2,1H3/b34-33-. The normalized spacial score (nSPS) is 14.1. The number of nitro groups is 1. The Morgan fingerprint density at radius 2 is 1.39 bits per heavy atom. The van der Waals surface area contributed by atoms with Crippen molar-refractivity contribution in [2.45, 2.75) is 13.3 Å². The number of non-ortho nitro benzene ring substituents is 1. The molecule has 4 aromatic carbocycles. The zero-order chi connectivity index (χ0) is 30.9. The maximum absolute atomic E-state index is 12.5. The van der Waals surface area contributed by atoms with Crippen molar-refractivity contribution in [1.29, 1.82) is 0 Å². The Morgan fingerprint density at radius 1 is 0.795 bits per heavy atom. The van der Waals surface area contributed by atoms with Crippen LogP contribution >= 0.6 is 0 Å². The summed E-state index contributed by atoms with van der Waals surface area (Å²) in [5.74, 6) is 1.29. The third-order valence-electron chi connectivity index (χ3n) is 7.64. The second kappa shape index (κ2) is 14.3. The van der Waals surface area contributed by atoms with Gasteiger partial charge in [0.2, 0.25) is 0 Å². The molecular weight excluding hydrogens is 558 g/mol. The predicted molar refractivity (Wildman–Crippen MR) is 170 cm³/mol. The molecule has 1 aliphatic rings. The number of rotatable bonds is 10. The van der Waals surface area contributed by atoms with Crippen LogP contribution in [-0.2, 0) is 0 Å². The van der Waals surface area contributed by atoms with Crippen molar-refractivity contribution >= 4 is 22.9 Å². The summed E-state index contributed by atoms with van der Waals surface area (Å²) in [6.45, 7) is 5.82. The Labute approximate surface area is 256 Å². The fourth-order valence-electron chi connectivity index (χ4n) is 5.27. The van der Waals surface area contributed by atoms with Crippen LogP contribution in [-0.4, -0.2) is 65.3 Å². The van der Waals surface area contributed by atoms with Crippen LogP contribution in [0, 0.1) is 10.1 Å². The van der Waals surface area contributed by atoms with Crippen molar-refractivity contribution in [3.63, 3.8) is 0 Å². The van der Waals surface area contributed by atoms with Gasteiger partial charge in [0.1, 0.15) is 23.9 Å². The van der Waals surface area contributed by atoms with Gasteiger partial charge in [0, 0.05) is 44.9 Å². The number of phenolic OH excluding ortho intramolecular Hbond substituents is 1. The van der Waals surface area contributed by atoms with Gasteiger partial charge in [-0.05, 0) is 70.7 Å². The summed E-state index contributed by atoms with van der Waals surface area (Å²) >= 11 is 0. The molecule has 0 atom stereocenters. The Kier molecular flexibility index (Phi) is 9.89. The molecule has 1 saturated heterocycles. The molecule has 0 aromatic heterocycles.